The number of fused-ring (bicyclic) bond motifs is 7. The Bertz CT molecular complexity index is 3100. The van der Waals surface area contributed by atoms with Crippen LogP contribution in [0.3, 0.4) is 0 Å². The average molecular weight is 736 g/mol. The van der Waals surface area contributed by atoms with Crippen molar-refractivity contribution in [2.24, 2.45) is 0 Å². The summed E-state index contributed by atoms with van der Waals surface area (Å²) in [7, 11) is 0. The minimum atomic E-state index is 0.606. The number of benzene rings is 6. The van der Waals surface area contributed by atoms with Gasteiger partial charge in [-0.3, -0.25) is 0 Å². The molecule has 0 bridgehead atoms. The largest absolute Gasteiger partial charge is 0.308 e. The van der Waals surface area contributed by atoms with Crippen molar-refractivity contribution in [1.82, 2.24) is 14.5 Å². The number of nitrogens with zero attached hydrogens (tertiary/aromatic N) is 3. The highest BCUT2D eigenvalue weighted by Gasteiger charge is 2.24. The third-order valence-corrected chi connectivity index (χ3v) is 12.0. The fraction of sp³-hybridized carbons (Fsp3) is 0.0385. The number of aromatic nitrogens is 3. The van der Waals surface area contributed by atoms with Crippen molar-refractivity contribution in [1.29, 1.82) is 0 Å². The smallest absolute Gasteiger partial charge is 0.160 e. The number of thiophene rings is 1. The molecule has 0 unspecified atom stereocenters. The Hall–Kier alpha value is -6.88. The lowest BCUT2D eigenvalue weighted by molar-refractivity contribution is 1.04. The van der Waals surface area contributed by atoms with Crippen molar-refractivity contribution >= 4 is 64.5 Å². The summed E-state index contributed by atoms with van der Waals surface area (Å²) in [5.74, 6) is 0.606. The lowest BCUT2D eigenvalue weighted by Crippen LogP contribution is -2.05. The lowest BCUT2D eigenvalue weighted by Gasteiger charge is -2.22. The van der Waals surface area contributed by atoms with E-state index in [1.54, 1.807) is 12.2 Å². The number of allylic oxidation sites excluding steroid dienone is 8. The van der Waals surface area contributed by atoms with Crippen LogP contribution in [-0.2, 0) is 0 Å². The topological polar surface area (TPSA) is 30.7 Å². The first kappa shape index (κ1) is 33.7. The fourth-order valence-corrected chi connectivity index (χ4v) is 9.47. The molecule has 1 aliphatic carbocycles. The van der Waals surface area contributed by atoms with E-state index in [4.69, 9.17) is 9.97 Å². The maximum Gasteiger partial charge on any atom is 0.160 e. The molecule has 266 valence electrons. The Balaban J connectivity index is 1.33. The minimum Gasteiger partial charge on any atom is -0.308 e. The number of hydrogen-bond donors (Lipinski definition) is 0. The maximum atomic E-state index is 5.25. The van der Waals surface area contributed by atoms with Gasteiger partial charge in [-0.25, -0.2) is 9.97 Å². The third-order valence-electron chi connectivity index (χ3n) is 10.8. The molecule has 3 nitrogen and oxygen atoms in total. The Labute approximate surface area is 330 Å². The Morgan fingerprint density at radius 1 is 0.625 bits per heavy atom. The first-order chi connectivity index (χ1) is 27.7. The van der Waals surface area contributed by atoms with Crippen molar-refractivity contribution in [3.05, 3.63) is 201 Å². The summed E-state index contributed by atoms with van der Waals surface area (Å²) in [4.78, 5) is 10.3. The molecule has 0 aliphatic heterocycles. The van der Waals surface area contributed by atoms with Crippen LogP contribution in [0.2, 0.25) is 0 Å². The molecule has 4 heteroatoms. The zero-order chi connectivity index (χ0) is 37.6. The average Bonchev–Trinajstić information content (AvgIpc) is 3.81. The van der Waals surface area contributed by atoms with E-state index in [0.29, 0.717) is 5.82 Å². The highest BCUT2D eigenvalue weighted by atomic mass is 32.1. The van der Waals surface area contributed by atoms with Crippen LogP contribution in [0.5, 0.6) is 0 Å². The van der Waals surface area contributed by atoms with E-state index in [-0.39, 0.29) is 0 Å². The Morgan fingerprint density at radius 3 is 2.07 bits per heavy atom. The summed E-state index contributed by atoms with van der Waals surface area (Å²) in [5.41, 5.74) is 12.7. The van der Waals surface area contributed by atoms with Gasteiger partial charge in [-0.05, 0) is 60.4 Å². The van der Waals surface area contributed by atoms with Crippen molar-refractivity contribution in [2.45, 2.75) is 12.8 Å². The molecule has 0 amide bonds. The zero-order valence-electron chi connectivity index (χ0n) is 30.8. The molecule has 0 atom stereocenters. The summed E-state index contributed by atoms with van der Waals surface area (Å²) in [6, 6.07) is 50.2. The molecular formula is C52H37N3S. The van der Waals surface area contributed by atoms with Crippen LogP contribution in [0.4, 0.5) is 0 Å². The van der Waals surface area contributed by atoms with E-state index >= 15 is 0 Å². The van der Waals surface area contributed by atoms with Gasteiger partial charge in [0, 0.05) is 58.8 Å². The third kappa shape index (κ3) is 5.66. The van der Waals surface area contributed by atoms with Gasteiger partial charge in [0.15, 0.2) is 5.82 Å². The SMILES string of the molecule is C=C/C=C(\C=C)c1nc(-c2ccccc2)cc(-c2cc(C3=CCCC=C3)c(-n3c4ccccc4c4c5sc6ccccc6c5ccc43)c(-c3ccccc3)c2)n1. The molecule has 0 fully saturated rings. The van der Waals surface area contributed by atoms with Crippen LogP contribution in [0.1, 0.15) is 24.2 Å². The molecule has 0 saturated carbocycles. The van der Waals surface area contributed by atoms with Crippen molar-refractivity contribution in [3.63, 3.8) is 0 Å². The van der Waals surface area contributed by atoms with Gasteiger partial charge in [0.05, 0.1) is 28.1 Å². The molecule has 0 radical (unpaired) electrons. The van der Waals surface area contributed by atoms with Gasteiger partial charge in [-0.15, -0.1) is 11.3 Å². The van der Waals surface area contributed by atoms with E-state index in [9.17, 15) is 0 Å². The van der Waals surface area contributed by atoms with E-state index in [2.05, 4.69) is 157 Å². The second-order valence-corrected chi connectivity index (χ2v) is 15.2. The molecule has 6 aromatic carbocycles. The predicted octanol–water partition coefficient (Wildman–Crippen LogP) is 14.4. The Kier molecular flexibility index (Phi) is 8.46. The van der Waals surface area contributed by atoms with Gasteiger partial charge in [0.1, 0.15) is 0 Å². The molecule has 0 spiro atoms. The second kappa shape index (κ2) is 14.1. The van der Waals surface area contributed by atoms with E-state index in [0.717, 1.165) is 63.3 Å². The fourth-order valence-electron chi connectivity index (χ4n) is 8.21. The molecule has 3 aromatic heterocycles. The van der Waals surface area contributed by atoms with Crippen LogP contribution in [-0.4, -0.2) is 14.5 Å². The standard InChI is InChI=1S/C52H37N3S/c1-3-18-34(4-2)52-53-44(37-23-12-7-13-24-37)33-45(54-52)38-31-42(35-19-8-5-9-20-35)50(43(32-38)36-21-10-6-11-22-36)55-46-27-16-14-26-41(46)49-47(55)30-29-40-39-25-15-17-28-48(39)56-51(40)49/h3-5,7-10,12-33H,1-2,6,11H2/b34-18+. The first-order valence-electron chi connectivity index (χ1n) is 19.0. The van der Waals surface area contributed by atoms with Gasteiger partial charge >= 0.3 is 0 Å². The summed E-state index contributed by atoms with van der Waals surface area (Å²) < 4.78 is 5.14. The molecule has 10 rings (SSSR count). The van der Waals surface area contributed by atoms with Gasteiger partial charge < -0.3 is 4.57 Å². The van der Waals surface area contributed by atoms with E-state index in [1.165, 1.54) is 47.6 Å². The predicted molar refractivity (Wildman–Crippen MR) is 240 cm³/mol. The number of rotatable bonds is 8. The zero-order valence-corrected chi connectivity index (χ0v) is 31.6. The normalized spacial score (nSPS) is 13.1. The monoisotopic (exact) mass is 735 g/mol. The quantitative estimate of drug-likeness (QED) is 0.146. The van der Waals surface area contributed by atoms with Crippen LogP contribution < -0.4 is 0 Å². The van der Waals surface area contributed by atoms with E-state index < -0.39 is 0 Å². The van der Waals surface area contributed by atoms with Crippen molar-refractivity contribution < 1.29 is 0 Å². The Morgan fingerprint density at radius 2 is 1.32 bits per heavy atom. The van der Waals surface area contributed by atoms with Crippen LogP contribution in [0.25, 0.3) is 92.5 Å². The van der Waals surface area contributed by atoms with Crippen LogP contribution in [0, 0.1) is 0 Å². The highest BCUT2D eigenvalue weighted by molar-refractivity contribution is 7.26. The lowest BCUT2D eigenvalue weighted by atomic mass is 9.89. The molecule has 1 aliphatic rings. The molecule has 0 N–H and O–H groups in total. The summed E-state index contributed by atoms with van der Waals surface area (Å²) in [6.07, 6.45) is 14.5. The van der Waals surface area contributed by atoms with Crippen LogP contribution in [0.15, 0.2) is 189 Å². The second-order valence-electron chi connectivity index (χ2n) is 14.1. The molecule has 3 heterocycles. The molecule has 56 heavy (non-hydrogen) atoms. The molecule has 9 aromatic rings. The van der Waals surface area contributed by atoms with Gasteiger partial charge in [0.2, 0.25) is 0 Å². The van der Waals surface area contributed by atoms with Gasteiger partial charge in [0.25, 0.3) is 0 Å². The maximum absolute atomic E-state index is 5.25. The molecular weight excluding hydrogens is 699 g/mol. The van der Waals surface area contributed by atoms with Crippen LogP contribution >= 0.6 is 11.3 Å². The van der Waals surface area contributed by atoms with Crippen molar-refractivity contribution in [3.8, 4) is 39.3 Å². The first-order valence-corrected chi connectivity index (χ1v) is 19.9. The minimum absolute atomic E-state index is 0.606. The highest BCUT2D eigenvalue weighted by Crippen LogP contribution is 2.47. The number of para-hydroxylation sites is 1. The van der Waals surface area contributed by atoms with Crippen molar-refractivity contribution in [2.75, 3.05) is 0 Å². The summed E-state index contributed by atoms with van der Waals surface area (Å²) in [5, 5.41) is 5.15. The molecule has 0 saturated heterocycles. The summed E-state index contributed by atoms with van der Waals surface area (Å²) in [6.45, 7) is 8.05. The van der Waals surface area contributed by atoms with E-state index in [1.807, 2.05) is 35.6 Å². The van der Waals surface area contributed by atoms with Gasteiger partial charge in [-0.1, -0.05) is 153 Å². The number of hydrogen-bond acceptors (Lipinski definition) is 3. The summed E-state index contributed by atoms with van der Waals surface area (Å²) >= 11 is 1.89. The van der Waals surface area contributed by atoms with Gasteiger partial charge in [-0.2, -0.15) is 0 Å².